The van der Waals surface area contributed by atoms with Crippen molar-refractivity contribution in [2.24, 2.45) is 11.3 Å². The van der Waals surface area contributed by atoms with Gasteiger partial charge in [-0.05, 0) is 49.9 Å². The number of esters is 1. The normalized spacial score (nSPS) is 25.2. The number of carbonyl (C=O) groups is 2. The molecule has 1 rings (SSSR count). The van der Waals surface area contributed by atoms with Gasteiger partial charge < -0.3 is 9.84 Å². The van der Waals surface area contributed by atoms with Crippen LogP contribution in [-0.4, -0.2) is 23.1 Å². The van der Waals surface area contributed by atoms with Crippen molar-refractivity contribution in [1.82, 2.24) is 0 Å². The third-order valence-electron chi connectivity index (χ3n) is 5.18. The lowest BCUT2D eigenvalue weighted by atomic mass is 9.67. The van der Waals surface area contributed by atoms with E-state index in [4.69, 9.17) is 9.84 Å². The molecule has 22 heavy (non-hydrogen) atoms. The van der Waals surface area contributed by atoms with Crippen molar-refractivity contribution < 1.29 is 19.4 Å². The fraction of sp³-hybridized carbons (Fsp3) is 0.889. The summed E-state index contributed by atoms with van der Waals surface area (Å²) in [7, 11) is 0. The molecular formula is C18H32O4. The molecule has 0 spiro atoms. The third kappa shape index (κ3) is 6.80. The van der Waals surface area contributed by atoms with E-state index < -0.39 is 5.97 Å². The maximum absolute atomic E-state index is 11.9. The van der Waals surface area contributed by atoms with Crippen molar-refractivity contribution in [3.63, 3.8) is 0 Å². The molecule has 1 fully saturated rings. The van der Waals surface area contributed by atoms with Crippen molar-refractivity contribution in [1.29, 1.82) is 0 Å². The van der Waals surface area contributed by atoms with E-state index in [0.717, 1.165) is 38.5 Å². The van der Waals surface area contributed by atoms with Crippen molar-refractivity contribution in [3.8, 4) is 0 Å². The molecule has 0 radical (unpaired) electrons. The van der Waals surface area contributed by atoms with Crippen LogP contribution in [0.15, 0.2) is 0 Å². The summed E-state index contributed by atoms with van der Waals surface area (Å²) < 4.78 is 5.65. The molecule has 1 aliphatic carbocycles. The molecule has 0 aromatic carbocycles. The highest BCUT2D eigenvalue weighted by atomic mass is 16.5. The van der Waals surface area contributed by atoms with Crippen molar-refractivity contribution >= 4 is 11.9 Å². The van der Waals surface area contributed by atoms with Gasteiger partial charge in [0.15, 0.2) is 0 Å². The molecule has 0 aliphatic heterocycles. The second-order valence-corrected chi connectivity index (χ2v) is 7.32. The Bertz CT molecular complexity index is 364. The molecule has 4 heteroatoms. The Morgan fingerprint density at radius 2 is 1.82 bits per heavy atom. The lowest BCUT2D eigenvalue weighted by molar-refractivity contribution is -0.153. The summed E-state index contributed by atoms with van der Waals surface area (Å²) in [6, 6.07) is 0. The van der Waals surface area contributed by atoms with Gasteiger partial charge in [-0.3, -0.25) is 9.59 Å². The van der Waals surface area contributed by atoms with Crippen LogP contribution in [0.1, 0.15) is 85.0 Å². The molecule has 1 aliphatic rings. The molecule has 2 atom stereocenters. The maximum atomic E-state index is 11.9. The molecular weight excluding hydrogens is 280 g/mol. The maximum Gasteiger partial charge on any atom is 0.306 e. The molecule has 0 amide bonds. The molecule has 0 aromatic heterocycles. The Kier molecular flexibility index (Phi) is 7.91. The fourth-order valence-corrected chi connectivity index (χ4v) is 3.23. The number of carboxylic acids is 1. The van der Waals surface area contributed by atoms with Crippen LogP contribution in [-0.2, 0) is 14.3 Å². The molecule has 4 nitrogen and oxygen atoms in total. The minimum Gasteiger partial charge on any atom is -0.481 e. The highest BCUT2D eigenvalue weighted by Gasteiger charge is 2.36. The van der Waals surface area contributed by atoms with Crippen LogP contribution in [0, 0.1) is 11.3 Å². The van der Waals surface area contributed by atoms with Gasteiger partial charge in [0.1, 0.15) is 6.10 Å². The summed E-state index contributed by atoms with van der Waals surface area (Å²) in [5.41, 5.74) is 0.292. The summed E-state index contributed by atoms with van der Waals surface area (Å²) in [5, 5.41) is 8.55. The Morgan fingerprint density at radius 1 is 1.18 bits per heavy atom. The molecule has 0 aromatic rings. The highest BCUT2D eigenvalue weighted by molar-refractivity contribution is 5.69. The second kappa shape index (κ2) is 9.16. The van der Waals surface area contributed by atoms with E-state index in [0.29, 0.717) is 24.2 Å². The van der Waals surface area contributed by atoms with Gasteiger partial charge in [0, 0.05) is 12.8 Å². The lowest BCUT2D eigenvalue weighted by Crippen LogP contribution is -2.35. The number of hydrogen-bond acceptors (Lipinski definition) is 3. The van der Waals surface area contributed by atoms with Crippen molar-refractivity contribution in [3.05, 3.63) is 0 Å². The first kappa shape index (κ1) is 19.0. The van der Waals surface area contributed by atoms with Gasteiger partial charge in [-0.25, -0.2) is 0 Å². The van der Waals surface area contributed by atoms with Crippen LogP contribution in [0.25, 0.3) is 0 Å². The highest BCUT2D eigenvalue weighted by Crippen LogP contribution is 2.42. The molecule has 0 saturated heterocycles. The van der Waals surface area contributed by atoms with Crippen LogP contribution in [0.2, 0.25) is 0 Å². The minimum atomic E-state index is -0.745. The number of ether oxygens (including phenoxy) is 1. The number of carboxylic acid groups (broad SMARTS) is 1. The summed E-state index contributed by atoms with van der Waals surface area (Å²) in [6.07, 6.45) is 8.37. The summed E-state index contributed by atoms with van der Waals surface area (Å²) in [4.78, 5) is 22.3. The van der Waals surface area contributed by atoms with Gasteiger partial charge in [-0.15, -0.1) is 0 Å². The third-order valence-corrected chi connectivity index (χ3v) is 5.18. The van der Waals surface area contributed by atoms with E-state index in [9.17, 15) is 9.59 Å². The van der Waals surface area contributed by atoms with E-state index in [-0.39, 0.29) is 18.5 Å². The van der Waals surface area contributed by atoms with Gasteiger partial charge in [0.05, 0.1) is 0 Å². The van der Waals surface area contributed by atoms with Crippen LogP contribution in [0.5, 0.6) is 0 Å². The Hall–Kier alpha value is -1.06. The first-order valence-electron chi connectivity index (χ1n) is 8.75. The van der Waals surface area contributed by atoms with Gasteiger partial charge in [-0.1, -0.05) is 33.6 Å². The topological polar surface area (TPSA) is 63.6 Å². The van der Waals surface area contributed by atoms with Crippen LogP contribution >= 0.6 is 0 Å². The molecule has 1 N–H and O–H groups in total. The summed E-state index contributed by atoms with van der Waals surface area (Å²) in [6.45, 7) is 6.81. The molecule has 0 bridgehead atoms. The smallest absolute Gasteiger partial charge is 0.306 e. The van der Waals surface area contributed by atoms with Crippen LogP contribution in [0.4, 0.5) is 0 Å². The fourth-order valence-electron chi connectivity index (χ4n) is 3.23. The van der Waals surface area contributed by atoms with Crippen LogP contribution < -0.4 is 0 Å². The second-order valence-electron chi connectivity index (χ2n) is 7.32. The minimum absolute atomic E-state index is 0.0839. The zero-order chi connectivity index (χ0) is 16.6. The van der Waals surface area contributed by atoms with Gasteiger partial charge >= 0.3 is 11.9 Å². The number of rotatable bonds is 9. The largest absolute Gasteiger partial charge is 0.481 e. The van der Waals surface area contributed by atoms with E-state index in [1.165, 1.54) is 6.42 Å². The monoisotopic (exact) mass is 312 g/mol. The zero-order valence-corrected chi connectivity index (χ0v) is 14.4. The summed E-state index contributed by atoms with van der Waals surface area (Å²) in [5.74, 6) is -0.218. The Labute approximate surface area is 134 Å². The van der Waals surface area contributed by atoms with Crippen molar-refractivity contribution in [2.45, 2.75) is 91.1 Å². The number of hydrogen-bond donors (Lipinski definition) is 1. The molecule has 128 valence electrons. The average Bonchev–Trinajstić information content (AvgIpc) is 2.42. The predicted octanol–water partition coefficient (Wildman–Crippen LogP) is 4.56. The zero-order valence-electron chi connectivity index (χ0n) is 14.4. The molecule has 0 heterocycles. The van der Waals surface area contributed by atoms with Crippen LogP contribution in [0.3, 0.4) is 0 Å². The van der Waals surface area contributed by atoms with E-state index in [2.05, 4.69) is 20.8 Å². The molecule has 1 saturated carbocycles. The van der Waals surface area contributed by atoms with E-state index >= 15 is 0 Å². The number of aliphatic carboxylic acids is 1. The van der Waals surface area contributed by atoms with E-state index in [1.807, 2.05) is 0 Å². The van der Waals surface area contributed by atoms with Gasteiger partial charge in [-0.2, -0.15) is 0 Å². The molecule has 2 unspecified atom stereocenters. The Morgan fingerprint density at radius 3 is 2.41 bits per heavy atom. The Balaban J connectivity index is 2.18. The first-order valence-corrected chi connectivity index (χ1v) is 8.75. The number of carbonyl (C=O) groups excluding carboxylic acids is 1. The van der Waals surface area contributed by atoms with E-state index in [1.54, 1.807) is 0 Å². The number of unbranched alkanes of at least 4 members (excludes halogenated alkanes) is 3. The first-order chi connectivity index (χ1) is 10.3. The lowest BCUT2D eigenvalue weighted by Gasteiger charge is -2.40. The predicted molar refractivity (Wildman–Crippen MR) is 86.6 cm³/mol. The van der Waals surface area contributed by atoms with Crippen molar-refractivity contribution in [2.75, 3.05) is 0 Å². The summed E-state index contributed by atoms with van der Waals surface area (Å²) >= 11 is 0. The van der Waals surface area contributed by atoms with Gasteiger partial charge in [0.2, 0.25) is 0 Å². The SMILES string of the molecule is CC(C)C1(C)CCCC(OC(=O)CCCCCCC(=O)O)C1. The average molecular weight is 312 g/mol. The standard InChI is InChI=1S/C18H32O4/c1-14(2)18(3)12-8-9-15(13-18)22-17(21)11-7-5-4-6-10-16(19)20/h14-15H,4-13H2,1-3H3,(H,19,20). The van der Waals surface area contributed by atoms with Gasteiger partial charge in [0.25, 0.3) is 0 Å². The quantitative estimate of drug-likeness (QED) is 0.501.